The standard InChI is InChI=1S/C5H9OS/c1-5-4-7-3-2-6-5/h4-5H,2-3H2,1H3. The van der Waals surface area contributed by atoms with Crippen LogP contribution in [0.5, 0.6) is 0 Å². The van der Waals surface area contributed by atoms with Crippen molar-refractivity contribution in [2.45, 2.75) is 13.0 Å². The van der Waals surface area contributed by atoms with Crippen LogP contribution in [0.2, 0.25) is 0 Å². The van der Waals surface area contributed by atoms with Gasteiger partial charge >= 0.3 is 0 Å². The summed E-state index contributed by atoms with van der Waals surface area (Å²) >= 11 is 1.85. The van der Waals surface area contributed by atoms with Gasteiger partial charge in [0, 0.05) is 11.5 Å². The maximum absolute atomic E-state index is 5.20. The third kappa shape index (κ3) is 1.70. The van der Waals surface area contributed by atoms with E-state index >= 15 is 0 Å². The van der Waals surface area contributed by atoms with E-state index in [1.807, 2.05) is 11.8 Å². The number of rotatable bonds is 0. The molecule has 0 aromatic carbocycles. The van der Waals surface area contributed by atoms with Crippen molar-refractivity contribution >= 4 is 11.8 Å². The third-order valence-electron chi connectivity index (χ3n) is 0.870. The van der Waals surface area contributed by atoms with Gasteiger partial charge in [0.25, 0.3) is 0 Å². The average molecular weight is 117 g/mol. The lowest BCUT2D eigenvalue weighted by atomic mass is 10.5. The summed E-state index contributed by atoms with van der Waals surface area (Å²) in [4.78, 5) is 0. The Kier molecular flexibility index (Phi) is 2.00. The predicted molar refractivity (Wildman–Crippen MR) is 32.2 cm³/mol. The minimum absolute atomic E-state index is 0.374. The average Bonchev–Trinajstić information content (AvgIpc) is 1.69. The first-order chi connectivity index (χ1) is 3.39. The molecule has 1 aliphatic rings. The van der Waals surface area contributed by atoms with Crippen LogP contribution < -0.4 is 0 Å². The molecule has 1 aliphatic heterocycles. The molecule has 0 bridgehead atoms. The van der Waals surface area contributed by atoms with Gasteiger partial charge in [-0.15, -0.1) is 0 Å². The molecule has 0 amide bonds. The van der Waals surface area contributed by atoms with Crippen LogP contribution in [0, 0.1) is 5.75 Å². The first-order valence-electron chi connectivity index (χ1n) is 2.46. The van der Waals surface area contributed by atoms with Gasteiger partial charge in [0.2, 0.25) is 0 Å². The highest BCUT2D eigenvalue weighted by Gasteiger charge is 2.06. The van der Waals surface area contributed by atoms with Gasteiger partial charge in [-0.25, -0.2) is 0 Å². The fraction of sp³-hybridized carbons (Fsp3) is 0.800. The van der Waals surface area contributed by atoms with E-state index in [0.717, 1.165) is 12.4 Å². The Bertz CT molecular complexity index is 50.0. The van der Waals surface area contributed by atoms with Gasteiger partial charge in [0.15, 0.2) is 0 Å². The molecule has 0 aliphatic carbocycles. The lowest BCUT2D eigenvalue weighted by Crippen LogP contribution is -2.14. The number of thioether (sulfide) groups is 1. The van der Waals surface area contributed by atoms with E-state index in [-0.39, 0.29) is 0 Å². The highest BCUT2D eigenvalue weighted by molar-refractivity contribution is 8.01. The van der Waals surface area contributed by atoms with E-state index in [0.29, 0.717) is 6.10 Å². The maximum atomic E-state index is 5.20. The summed E-state index contributed by atoms with van der Waals surface area (Å²) < 4.78 is 5.20. The number of ether oxygens (including phenoxy) is 1. The van der Waals surface area contributed by atoms with E-state index in [1.54, 1.807) is 0 Å². The van der Waals surface area contributed by atoms with Gasteiger partial charge in [0.1, 0.15) is 0 Å². The Labute approximate surface area is 48.4 Å². The molecule has 0 aromatic heterocycles. The van der Waals surface area contributed by atoms with Gasteiger partial charge in [-0.05, 0) is 6.92 Å². The summed E-state index contributed by atoms with van der Waals surface area (Å²) in [5.74, 6) is 3.26. The van der Waals surface area contributed by atoms with Crippen molar-refractivity contribution in [1.29, 1.82) is 0 Å². The molecule has 1 heterocycles. The predicted octanol–water partition coefficient (Wildman–Crippen LogP) is 1.30. The molecule has 0 aromatic rings. The van der Waals surface area contributed by atoms with Crippen molar-refractivity contribution in [2.75, 3.05) is 12.4 Å². The molecular weight excluding hydrogens is 108 g/mol. The SMILES string of the molecule is CC1[CH]SCCO1. The molecule has 41 valence electrons. The second kappa shape index (κ2) is 2.58. The Morgan fingerprint density at radius 3 is 3.00 bits per heavy atom. The molecule has 7 heavy (non-hydrogen) atoms. The van der Waals surface area contributed by atoms with Gasteiger partial charge in [-0.3, -0.25) is 0 Å². The van der Waals surface area contributed by atoms with E-state index in [9.17, 15) is 0 Å². The van der Waals surface area contributed by atoms with E-state index in [4.69, 9.17) is 4.74 Å². The fourth-order valence-corrected chi connectivity index (χ4v) is 1.20. The van der Waals surface area contributed by atoms with Crippen molar-refractivity contribution in [3.8, 4) is 0 Å². The third-order valence-corrected chi connectivity index (χ3v) is 1.85. The molecule has 1 radical (unpaired) electrons. The van der Waals surface area contributed by atoms with E-state index < -0.39 is 0 Å². The Morgan fingerprint density at radius 1 is 1.86 bits per heavy atom. The van der Waals surface area contributed by atoms with Crippen LogP contribution >= 0.6 is 11.8 Å². The van der Waals surface area contributed by atoms with Crippen molar-refractivity contribution in [2.24, 2.45) is 0 Å². The second-order valence-electron chi connectivity index (χ2n) is 1.58. The molecule has 1 atom stereocenters. The smallest absolute Gasteiger partial charge is 0.0677 e. The fourth-order valence-electron chi connectivity index (χ4n) is 0.525. The molecule has 2 heteroatoms. The quantitative estimate of drug-likeness (QED) is 0.473. The van der Waals surface area contributed by atoms with Crippen LogP contribution in [0.15, 0.2) is 0 Å². The van der Waals surface area contributed by atoms with Crippen LogP contribution in [-0.4, -0.2) is 18.5 Å². The summed E-state index contributed by atoms with van der Waals surface area (Å²) in [6.45, 7) is 2.98. The summed E-state index contributed by atoms with van der Waals surface area (Å²) in [6, 6.07) is 0. The molecule has 0 saturated carbocycles. The summed E-state index contributed by atoms with van der Waals surface area (Å²) in [7, 11) is 0. The van der Waals surface area contributed by atoms with Crippen molar-refractivity contribution in [3.05, 3.63) is 5.75 Å². The van der Waals surface area contributed by atoms with Gasteiger partial charge in [-0.1, -0.05) is 0 Å². The molecule has 1 fully saturated rings. The Morgan fingerprint density at radius 2 is 2.71 bits per heavy atom. The summed E-state index contributed by atoms with van der Waals surface area (Å²) in [5.41, 5.74) is 0. The lowest BCUT2D eigenvalue weighted by molar-refractivity contribution is 0.102. The van der Waals surface area contributed by atoms with Gasteiger partial charge in [-0.2, -0.15) is 11.8 Å². The Balaban J connectivity index is 2.12. The van der Waals surface area contributed by atoms with Gasteiger partial charge < -0.3 is 4.74 Å². The summed E-state index contributed by atoms with van der Waals surface area (Å²) in [5, 5.41) is 0. The molecule has 1 unspecified atom stereocenters. The van der Waals surface area contributed by atoms with Crippen LogP contribution in [0.1, 0.15) is 6.92 Å². The maximum Gasteiger partial charge on any atom is 0.0677 e. The first-order valence-corrected chi connectivity index (χ1v) is 3.51. The zero-order valence-electron chi connectivity index (χ0n) is 4.39. The molecule has 0 N–H and O–H groups in total. The molecule has 1 nitrogen and oxygen atoms in total. The summed E-state index contributed by atoms with van der Waals surface area (Å²) in [6.07, 6.45) is 0.374. The normalized spacial score (nSPS) is 33.0. The first kappa shape index (κ1) is 5.45. The monoisotopic (exact) mass is 117 g/mol. The Hall–Kier alpha value is 0.310. The molecule has 1 rings (SSSR count). The van der Waals surface area contributed by atoms with Crippen LogP contribution in [-0.2, 0) is 4.74 Å². The van der Waals surface area contributed by atoms with Crippen molar-refractivity contribution in [3.63, 3.8) is 0 Å². The van der Waals surface area contributed by atoms with Crippen LogP contribution in [0.3, 0.4) is 0 Å². The molecule has 0 spiro atoms. The largest absolute Gasteiger partial charge is 0.376 e. The lowest BCUT2D eigenvalue weighted by Gasteiger charge is -2.16. The number of hydrogen-bond acceptors (Lipinski definition) is 2. The zero-order chi connectivity index (χ0) is 5.11. The van der Waals surface area contributed by atoms with Crippen molar-refractivity contribution < 1.29 is 4.74 Å². The highest BCUT2D eigenvalue weighted by atomic mass is 32.2. The van der Waals surface area contributed by atoms with Crippen LogP contribution in [0.25, 0.3) is 0 Å². The van der Waals surface area contributed by atoms with Crippen LogP contribution in [0.4, 0.5) is 0 Å². The molecular formula is C5H9OS. The topological polar surface area (TPSA) is 9.23 Å². The highest BCUT2D eigenvalue weighted by Crippen LogP contribution is 2.16. The second-order valence-corrected chi connectivity index (χ2v) is 2.60. The number of hydrogen-bond donors (Lipinski definition) is 0. The van der Waals surface area contributed by atoms with Crippen molar-refractivity contribution in [1.82, 2.24) is 0 Å². The molecule has 1 saturated heterocycles. The zero-order valence-corrected chi connectivity index (χ0v) is 5.20. The van der Waals surface area contributed by atoms with Gasteiger partial charge in [0.05, 0.1) is 12.7 Å². The minimum atomic E-state index is 0.374. The van der Waals surface area contributed by atoms with E-state index in [1.165, 1.54) is 0 Å². The minimum Gasteiger partial charge on any atom is -0.376 e. The van der Waals surface area contributed by atoms with E-state index in [2.05, 4.69) is 12.7 Å².